The molecule has 1 fully saturated rings. The molecule has 0 radical (unpaired) electrons. The van der Waals surface area contributed by atoms with Crippen LogP contribution in [-0.2, 0) is 22.6 Å². The SMILES string of the molecule is NC(N)=NCc1cccc(C(=O)NC[C@@H]2C[C@@H](CC(=O)O)C(=O)N2CCCc2ccccc2)c1.O. The fraction of sp³-hybridized carbons (Fsp3) is 0.360. The number of carbonyl (C=O) groups is 3. The van der Waals surface area contributed by atoms with Gasteiger partial charge in [-0.05, 0) is 42.5 Å². The van der Waals surface area contributed by atoms with Gasteiger partial charge in [0.1, 0.15) is 0 Å². The van der Waals surface area contributed by atoms with Gasteiger partial charge in [-0.3, -0.25) is 14.4 Å². The Kier molecular flexibility index (Phi) is 10.2. The van der Waals surface area contributed by atoms with Crippen molar-refractivity contribution in [1.82, 2.24) is 10.2 Å². The summed E-state index contributed by atoms with van der Waals surface area (Å²) in [5, 5.41) is 12.1. The van der Waals surface area contributed by atoms with E-state index in [0.29, 0.717) is 18.5 Å². The van der Waals surface area contributed by atoms with E-state index in [-0.39, 0.29) is 48.8 Å². The number of guanidine groups is 1. The molecule has 35 heavy (non-hydrogen) atoms. The number of carbonyl (C=O) groups excluding carboxylic acids is 2. The lowest BCUT2D eigenvalue weighted by Gasteiger charge is -2.25. The first-order valence-corrected chi connectivity index (χ1v) is 11.3. The molecule has 0 saturated carbocycles. The van der Waals surface area contributed by atoms with E-state index in [9.17, 15) is 19.5 Å². The summed E-state index contributed by atoms with van der Waals surface area (Å²) >= 11 is 0. The molecular formula is C25H33N5O5. The van der Waals surface area contributed by atoms with Crippen molar-refractivity contribution in [1.29, 1.82) is 0 Å². The fourth-order valence-electron chi connectivity index (χ4n) is 4.24. The zero-order valence-electron chi connectivity index (χ0n) is 19.5. The lowest BCUT2D eigenvalue weighted by atomic mass is 10.0. The Hall–Kier alpha value is -3.92. The quantitative estimate of drug-likeness (QED) is 0.269. The highest BCUT2D eigenvalue weighted by atomic mass is 16.4. The molecule has 2 aromatic rings. The van der Waals surface area contributed by atoms with Crippen LogP contribution in [0.15, 0.2) is 59.6 Å². The highest BCUT2D eigenvalue weighted by Gasteiger charge is 2.40. The van der Waals surface area contributed by atoms with E-state index in [1.54, 1.807) is 23.1 Å². The first-order chi connectivity index (χ1) is 16.3. The van der Waals surface area contributed by atoms with Gasteiger partial charge in [0, 0.05) is 24.7 Å². The Bertz CT molecular complexity index is 1040. The molecule has 2 amide bonds. The second-order valence-electron chi connectivity index (χ2n) is 8.46. The van der Waals surface area contributed by atoms with Crippen molar-refractivity contribution in [2.45, 2.75) is 38.3 Å². The number of carboxylic acid groups (broad SMARTS) is 1. The van der Waals surface area contributed by atoms with Crippen molar-refractivity contribution in [2.24, 2.45) is 22.4 Å². The Morgan fingerprint density at radius 2 is 1.80 bits per heavy atom. The average Bonchev–Trinajstić information content (AvgIpc) is 3.10. The van der Waals surface area contributed by atoms with Crippen molar-refractivity contribution in [3.63, 3.8) is 0 Å². The Morgan fingerprint density at radius 1 is 1.09 bits per heavy atom. The van der Waals surface area contributed by atoms with E-state index >= 15 is 0 Å². The number of carboxylic acids is 1. The minimum Gasteiger partial charge on any atom is -0.481 e. The van der Waals surface area contributed by atoms with Crippen molar-refractivity contribution in [2.75, 3.05) is 13.1 Å². The van der Waals surface area contributed by atoms with Crippen LogP contribution < -0.4 is 16.8 Å². The molecule has 10 nitrogen and oxygen atoms in total. The van der Waals surface area contributed by atoms with Gasteiger partial charge in [-0.1, -0.05) is 42.5 Å². The number of nitrogens with one attached hydrogen (secondary N) is 1. The zero-order valence-corrected chi connectivity index (χ0v) is 19.5. The van der Waals surface area contributed by atoms with Crippen LogP contribution in [0.5, 0.6) is 0 Å². The van der Waals surface area contributed by atoms with Crippen LogP contribution in [0.25, 0.3) is 0 Å². The van der Waals surface area contributed by atoms with E-state index in [4.69, 9.17) is 11.5 Å². The van der Waals surface area contributed by atoms with Crippen LogP contribution in [0.1, 0.15) is 40.7 Å². The third-order valence-electron chi connectivity index (χ3n) is 5.89. The summed E-state index contributed by atoms with van der Waals surface area (Å²) in [5.74, 6) is -2.02. The Morgan fingerprint density at radius 3 is 2.49 bits per heavy atom. The Labute approximate surface area is 204 Å². The van der Waals surface area contributed by atoms with Crippen LogP contribution in [-0.4, -0.2) is 58.4 Å². The molecule has 10 heteroatoms. The standard InChI is InChI=1S/C25H31N5O4.H2O/c26-25(27)29-15-18-8-4-10-19(12-18)23(33)28-16-21-13-20(14-22(31)32)24(34)30(21)11-5-9-17-6-2-1-3-7-17;/h1-4,6-8,10,12,20-21H,5,9,11,13-16H2,(H,28,33)(H,31,32)(H4,26,27,29);1H2/t20-,21-;/m0./s1. The predicted molar refractivity (Wildman–Crippen MR) is 133 cm³/mol. The summed E-state index contributed by atoms with van der Waals surface area (Å²) in [5.41, 5.74) is 13.2. The third kappa shape index (κ3) is 8.11. The van der Waals surface area contributed by atoms with Crippen LogP contribution in [0, 0.1) is 5.92 Å². The van der Waals surface area contributed by atoms with Gasteiger partial charge in [-0.2, -0.15) is 0 Å². The molecule has 0 bridgehead atoms. The van der Waals surface area contributed by atoms with Crippen molar-refractivity contribution in [3.8, 4) is 0 Å². The number of aliphatic imine (C=N–C) groups is 1. The van der Waals surface area contributed by atoms with Gasteiger partial charge in [0.05, 0.1) is 18.9 Å². The normalized spacial score (nSPS) is 16.9. The highest BCUT2D eigenvalue weighted by Crippen LogP contribution is 2.27. The molecule has 0 unspecified atom stereocenters. The maximum atomic E-state index is 12.9. The van der Waals surface area contributed by atoms with Gasteiger partial charge in [-0.25, -0.2) is 4.99 Å². The summed E-state index contributed by atoms with van der Waals surface area (Å²) in [6, 6.07) is 16.7. The number of rotatable bonds is 11. The molecule has 1 heterocycles. The summed E-state index contributed by atoms with van der Waals surface area (Å²) in [6.45, 7) is 1.04. The van der Waals surface area contributed by atoms with E-state index in [1.807, 2.05) is 36.4 Å². The second kappa shape index (κ2) is 13.1. The largest absolute Gasteiger partial charge is 0.481 e. The lowest BCUT2D eigenvalue weighted by Crippen LogP contribution is -2.42. The molecule has 8 N–H and O–H groups in total. The van der Waals surface area contributed by atoms with Crippen LogP contribution in [0.2, 0.25) is 0 Å². The Balaban J connectivity index is 0.00000432. The average molecular weight is 484 g/mol. The predicted octanol–water partition coefficient (Wildman–Crippen LogP) is 0.690. The maximum absolute atomic E-state index is 12.9. The third-order valence-corrected chi connectivity index (χ3v) is 5.89. The molecule has 1 aliphatic rings. The van der Waals surface area contributed by atoms with E-state index in [2.05, 4.69) is 10.3 Å². The monoisotopic (exact) mass is 483 g/mol. The van der Waals surface area contributed by atoms with Crippen molar-refractivity contribution >= 4 is 23.7 Å². The van der Waals surface area contributed by atoms with Crippen LogP contribution in [0.4, 0.5) is 0 Å². The molecule has 188 valence electrons. The van der Waals surface area contributed by atoms with Crippen molar-refractivity contribution < 1.29 is 25.0 Å². The molecule has 1 saturated heterocycles. The van der Waals surface area contributed by atoms with Gasteiger partial charge in [0.2, 0.25) is 5.91 Å². The number of benzene rings is 2. The molecule has 2 atom stereocenters. The number of nitrogens with zero attached hydrogens (tertiary/aromatic N) is 2. The van der Waals surface area contributed by atoms with Crippen LogP contribution >= 0.6 is 0 Å². The number of hydrogen-bond acceptors (Lipinski definition) is 4. The van der Waals surface area contributed by atoms with E-state index < -0.39 is 11.9 Å². The van der Waals surface area contributed by atoms with Gasteiger partial charge >= 0.3 is 5.97 Å². The summed E-state index contributed by atoms with van der Waals surface area (Å²) in [6.07, 6.45) is 1.77. The minimum atomic E-state index is -0.995. The molecule has 0 aliphatic carbocycles. The summed E-state index contributed by atoms with van der Waals surface area (Å²) in [7, 11) is 0. The number of aryl methyl sites for hydroxylation is 1. The van der Waals surface area contributed by atoms with Crippen molar-refractivity contribution in [3.05, 3.63) is 71.3 Å². The molecule has 2 aromatic carbocycles. The fourth-order valence-corrected chi connectivity index (χ4v) is 4.24. The number of hydrogen-bond donors (Lipinski definition) is 4. The molecule has 0 aromatic heterocycles. The zero-order chi connectivity index (χ0) is 24.5. The number of amides is 2. The first kappa shape index (κ1) is 27.3. The van der Waals surface area contributed by atoms with Gasteiger partial charge in [0.25, 0.3) is 5.91 Å². The van der Waals surface area contributed by atoms with Gasteiger partial charge < -0.3 is 32.3 Å². The van der Waals surface area contributed by atoms with Gasteiger partial charge in [0.15, 0.2) is 5.96 Å². The molecule has 3 rings (SSSR count). The van der Waals surface area contributed by atoms with Crippen LogP contribution in [0.3, 0.4) is 0 Å². The number of likely N-dealkylation sites (tertiary alicyclic amines) is 1. The summed E-state index contributed by atoms with van der Waals surface area (Å²) in [4.78, 5) is 42.5. The van der Waals surface area contributed by atoms with E-state index in [1.165, 1.54) is 5.56 Å². The number of nitrogens with two attached hydrogens (primary N) is 2. The first-order valence-electron chi connectivity index (χ1n) is 11.3. The lowest BCUT2D eigenvalue weighted by molar-refractivity contribution is -0.142. The molecular weight excluding hydrogens is 450 g/mol. The minimum absolute atomic E-state index is 0. The van der Waals surface area contributed by atoms with Gasteiger partial charge in [-0.15, -0.1) is 0 Å². The topological polar surface area (TPSA) is 183 Å². The highest BCUT2D eigenvalue weighted by molar-refractivity contribution is 5.94. The van der Waals surface area contributed by atoms with E-state index in [0.717, 1.165) is 18.4 Å². The molecule has 0 spiro atoms. The summed E-state index contributed by atoms with van der Waals surface area (Å²) < 4.78 is 0. The maximum Gasteiger partial charge on any atom is 0.304 e. The second-order valence-corrected chi connectivity index (χ2v) is 8.46. The molecule has 1 aliphatic heterocycles. The smallest absolute Gasteiger partial charge is 0.304 e. The number of aliphatic carboxylic acids is 1.